The van der Waals surface area contributed by atoms with Gasteiger partial charge in [0, 0.05) is 5.56 Å². The van der Waals surface area contributed by atoms with Crippen molar-refractivity contribution in [2.75, 3.05) is 20.7 Å². The Morgan fingerprint density at radius 2 is 1.53 bits per heavy atom. The Bertz CT molecular complexity index is 1040. The Hall–Kier alpha value is -2.66. The third kappa shape index (κ3) is 5.69. The number of ether oxygens (including phenoxy) is 1. The SMILES string of the molecule is CC.CN(C)Cc1nnc(-c2ccc(-c3cccc([C@H]4OC(CO)[C@@H](O)C(O)C4O)c3)cc2)o1. The van der Waals surface area contributed by atoms with E-state index in [1.165, 1.54) is 0 Å². The standard InChI is InChI=1S/C23H27N3O6.C2H6/c1-26(2)11-18-24-25-23(32-18)14-8-6-13(7-9-14)15-4-3-5-16(10-15)22-21(30)20(29)19(28)17(12-27)31-22;1-2/h3-10,17,19-22,27-30H,11-12H2,1-2H3;1-2H3/t17?,19-,20?,21?,22-;/m1./s1. The number of hydrogen-bond donors (Lipinski definition) is 4. The van der Waals surface area contributed by atoms with E-state index in [9.17, 15) is 20.4 Å². The lowest BCUT2D eigenvalue weighted by Crippen LogP contribution is -2.55. The summed E-state index contributed by atoms with van der Waals surface area (Å²) in [5.74, 6) is 0.991. The first kappa shape index (κ1) is 26.0. The maximum absolute atomic E-state index is 10.4. The van der Waals surface area contributed by atoms with E-state index in [0.717, 1.165) is 16.7 Å². The van der Waals surface area contributed by atoms with Gasteiger partial charge in [-0.05, 0) is 49.0 Å². The van der Waals surface area contributed by atoms with Crippen LogP contribution in [-0.4, -0.2) is 80.6 Å². The number of aliphatic hydroxyl groups is 4. The summed E-state index contributed by atoms with van der Waals surface area (Å²) in [6.07, 6.45) is -5.95. The lowest BCUT2D eigenvalue weighted by atomic mass is 9.90. The first-order valence-electron chi connectivity index (χ1n) is 11.4. The molecule has 34 heavy (non-hydrogen) atoms. The van der Waals surface area contributed by atoms with Crippen LogP contribution in [0.4, 0.5) is 0 Å². The maximum atomic E-state index is 10.4. The molecule has 1 saturated heterocycles. The van der Waals surface area contributed by atoms with Gasteiger partial charge in [-0.1, -0.05) is 44.2 Å². The van der Waals surface area contributed by atoms with Gasteiger partial charge in [-0.3, -0.25) is 0 Å². The lowest BCUT2D eigenvalue weighted by molar-refractivity contribution is -0.231. The van der Waals surface area contributed by atoms with Crippen molar-refractivity contribution < 1.29 is 29.6 Å². The van der Waals surface area contributed by atoms with Crippen molar-refractivity contribution in [2.45, 2.75) is 50.9 Å². The molecule has 9 heteroatoms. The monoisotopic (exact) mass is 471 g/mol. The van der Waals surface area contributed by atoms with Crippen LogP contribution in [0, 0.1) is 0 Å². The number of aromatic nitrogens is 2. The quantitative estimate of drug-likeness (QED) is 0.426. The van der Waals surface area contributed by atoms with Crippen LogP contribution in [0.3, 0.4) is 0 Å². The molecule has 4 N–H and O–H groups in total. The van der Waals surface area contributed by atoms with E-state index in [1.807, 2.05) is 75.3 Å². The minimum Gasteiger partial charge on any atom is -0.419 e. The van der Waals surface area contributed by atoms with Crippen molar-refractivity contribution >= 4 is 0 Å². The van der Waals surface area contributed by atoms with Gasteiger partial charge in [0.1, 0.15) is 30.5 Å². The molecule has 1 aliphatic rings. The third-order valence-electron chi connectivity index (χ3n) is 5.49. The van der Waals surface area contributed by atoms with Crippen molar-refractivity contribution in [3.8, 4) is 22.6 Å². The van der Waals surface area contributed by atoms with Crippen LogP contribution in [0.15, 0.2) is 52.9 Å². The molecule has 5 atom stereocenters. The molecule has 1 aromatic heterocycles. The first-order chi connectivity index (χ1) is 16.4. The summed E-state index contributed by atoms with van der Waals surface area (Å²) in [6.45, 7) is 4.10. The average molecular weight is 472 g/mol. The Morgan fingerprint density at radius 1 is 0.853 bits per heavy atom. The zero-order valence-electron chi connectivity index (χ0n) is 19.9. The average Bonchev–Trinajstić information content (AvgIpc) is 3.32. The van der Waals surface area contributed by atoms with Gasteiger partial charge in [0.2, 0.25) is 11.8 Å². The molecule has 0 bridgehead atoms. The van der Waals surface area contributed by atoms with Crippen LogP contribution in [0.25, 0.3) is 22.6 Å². The van der Waals surface area contributed by atoms with E-state index in [2.05, 4.69) is 10.2 Å². The molecule has 0 amide bonds. The summed E-state index contributed by atoms with van der Waals surface area (Å²) in [5, 5.41) is 48.1. The van der Waals surface area contributed by atoms with E-state index in [1.54, 1.807) is 6.07 Å². The van der Waals surface area contributed by atoms with Crippen molar-refractivity contribution in [1.29, 1.82) is 0 Å². The highest BCUT2D eigenvalue weighted by Crippen LogP contribution is 2.34. The molecule has 0 aliphatic carbocycles. The van der Waals surface area contributed by atoms with Crippen molar-refractivity contribution in [3.05, 3.63) is 60.0 Å². The van der Waals surface area contributed by atoms with E-state index < -0.39 is 37.1 Å². The second-order valence-corrected chi connectivity index (χ2v) is 8.19. The van der Waals surface area contributed by atoms with Crippen molar-refractivity contribution in [3.63, 3.8) is 0 Å². The predicted molar refractivity (Wildman–Crippen MR) is 127 cm³/mol. The van der Waals surface area contributed by atoms with Gasteiger partial charge < -0.3 is 34.5 Å². The molecule has 1 fully saturated rings. The van der Waals surface area contributed by atoms with Crippen LogP contribution in [-0.2, 0) is 11.3 Å². The molecule has 2 aromatic carbocycles. The fourth-order valence-electron chi connectivity index (χ4n) is 3.78. The summed E-state index contributed by atoms with van der Waals surface area (Å²) in [7, 11) is 3.86. The summed E-state index contributed by atoms with van der Waals surface area (Å²) in [4.78, 5) is 1.95. The molecule has 0 saturated carbocycles. The molecule has 9 nitrogen and oxygen atoms in total. The molecule has 3 aromatic rings. The molecule has 1 aliphatic heterocycles. The Morgan fingerprint density at radius 3 is 2.18 bits per heavy atom. The van der Waals surface area contributed by atoms with Gasteiger partial charge in [0.15, 0.2) is 0 Å². The molecule has 0 spiro atoms. The molecule has 2 heterocycles. The molecule has 0 radical (unpaired) electrons. The van der Waals surface area contributed by atoms with Gasteiger partial charge in [-0.2, -0.15) is 0 Å². The largest absolute Gasteiger partial charge is 0.419 e. The zero-order chi connectivity index (χ0) is 24.8. The van der Waals surface area contributed by atoms with Gasteiger partial charge in [0.05, 0.1) is 13.2 Å². The molecular weight excluding hydrogens is 438 g/mol. The highest BCUT2D eigenvalue weighted by molar-refractivity contribution is 5.68. The van der Waals surface area contributed by atoms with E-state index in [-0.39, 0.29) is 0 Å². The van der Waals surface area contributed by atoms with E-state index >= 15 is 0 Å². The summed E-state index contributed by atoms with van der Waals surface area (Å²) >= 11 is 0. The Labute approximate surface area is 199 Å². The summed E-state index contributed by atoms with van der Waals surface area (Å²) in [6, 6.07) is 15.0. The van der Waals surface area contributed by atoms with Crippen LogP contribution >= 0.6 is 0 Å². The topological polar surface area (TPSA) is 132 Å². The minimum atomic E-state index is -1.42. The number of benzene rings is 2. The normalized spacial score (nSPS) is 24.6. The number of nitrogens with zero attached hydrogens (tertiary/aromatic N) is 3. The maximum Gasteiger partial charge on any atom is 0.247 e. The number of hydrogen-bond acceptors (Lipinski definition) is 9. The third-order valence-corrected chi connectivity index (χ3v) is 5.49. The van der Waals surface area contributed by atoms with Gasteiger partial charge >= 0.3 is 0 Å². The van der Waals surface area contributed by atoms with Crippen LogP contribution < -0.4 is 0 Å². The molecular formula is C25H33N3O6. The second kappa shape index (κ2) is 11.7. The van der Waals surface area contributed by atoms with Crippen LogP contribution in [0.1, 0.15) is 31.4 Å². The Balaban J connectivity index is 0.00000158. The highest BCUT2D eigenvalue weighted by Gasteiger charge is 2.43. The van der Waals surface area contributed by atoms with E-state index in [0.29, 0.717) is 23.9 Å². The zero-order valence-corrected chi connectivity index (χ0v) is 19.9. The second-order valence-electron chi connectivity index (χ2n) is 8.19. The first-order valence-corrected chi connectivity index (χ1v) is 11.4. The van der Waals surface area contributed by atoms with Gasteiger partial charge in [0.25, 0.3) is 0 Å². The van der Waals surface area contributed by atoms with Crippen LogP contribution in [0.2, 0.25) is 0 Å². The summed E-state index contributed by atoms with van der Waals surface area (Å²) in [5.41, 5.74) is 3.24. The fourth-order valence-corrected chi connectivity index (χ4v) is 3.78. The molecule has 3 unspecified atom stereocenters. The molecule has 184 valence electrons. The lowest BCUT2D eigenvalue weighted by Gasteiger charge is -2.40. The molecule has 4 rings (SSSR count). The Kier molecular flexibility index (Phi) is 8.90. The number of aliphatic hydroxyl groups excluding tert-OH is 4. The summed E-state index contributed by atoms with van der Waals surface area (Å²) < 4.78 is 11.4. The van der Waals surface area contributed by atoms with Crippen molar-refractivity contribution in [2.24, 2.45) is 0 Å². The van der Waals surface area contributed by atoms with Crippen LogP contribution in [0.5, 0.6) is 0 Å². The smallest absolute Gasteiger partial charge is 0.247 e. The van der Waals surface area contributed by atoms with Gasteiger partial charge in [-0.15, -0.1) is 10.2 Å². The van der Waals surface area contributed by atoms with Gasteiger partial charge in [-0.25, -0.2) is 0 Å². The predicted octanol–water partition coefficient (Wildman–Crippen LogP) is 2.01. The number of rotatable bonds is 6. The minimum absolute atomic E-state index is 0.448. The highest BCUT2D eigenvalue weighted by atomic mass is 16.5. The van der Waals surface area contributed by atoms with E-state index in [4.69, 9.17) is 9.15 Å². The van der Waals surface area contributed by atoms with Crippen molar-refractivity contribution in [1.82, 2.24) is 15.1 Å². The fraction of sp³-hybridized carbons (Fsp3) is 0.440.